The highest BCUT2D eigenvalue weighted by Gasteiger charge is 2.42. The topological polar surface area (TPSA) is 65.1 Å². The molecule has 20 heavy (non-hydrogen) atoms. The Morgan fingerprint density at radius 2 is 1.90 bits per heavy atom. The highest BCUT2D eigenvalue weighted by Crippen LogP contribution is 2.27. The van der Waals surface area contributed by atoms with Gasteiger partial charge in [0.05, 0.1) is 24.3 Å². The maximum Gasteiger partial charge on any atom is 0.280 e. The summed E-state index contributed by atoms with van der Waals surface area (Å²) in [5.41, 5.74) is 0.872. The molecule has 0 radical (unpaired) electrons. The number of hydrogen-bond donors (Lipinski definition) is 0. The Bertz CT molecular complexity index is 537. The number of benzene rings is 1. The summed E-state index contributed by atoms with van der Waals surface area (Å²) in [4.78, 5) is 25.6. The van der Waals surface area contributed by atoms with Crippen molar-refractivity contribution in [3.63, 3.8) is 0 Å². The van der Waals surface area contributed by atoms with E-state index in [1.165, 1.54) is 12.0 Å². The summed E-state index contributed by atoms with van der Waals surface area (Å²) >= 11 is 0. The summed E-state index contributed by atoms with van der Waals surface area (Å²) in [7, 11) is 1.48. The Kier molecular flexibility index (Phi) is 3.08. The van der Waals surface area contributed by atoms with Gasteiger partial charge in [-0.2, -0.15) is 0 Å². The van der Waals surface area contributed by atoms with E-state index in [-0.39, 0.29) is 31.1 Å². The lowest BCUT2D eigenvalue weighted by Crippen LogP contribution is -2.39. The molecule has 1 aromatic rings. The molecule has 1 saturated heterocycles. The van der Waals surface area contributed by atoms with Crippen molar-refractivity contribution in [3.05, 3.63) is 35.4 Å². The Labute approximate surface area is 116 Å². The fraction of sp³-hybridized carbons (Fsp3) is 0.429. The molecule has 0 saturated carbocycles. The summed E-state index contributed by atoms with van der Waals surface area (Å²) in [5, 5.41) is 0. The van der Waals surface area contributed by atoms with Gasteiger partial charge in [-0.1, -0.05) is 12.1 Å². The van der Waals surface area contributed by atoms with Crippen LogP contribution in [0.5, 0.6) is 0 Å². The number of carbonyl (C=O) groups is 2. The maximum absolute atomic E-state index is 12.2. The van der Waals surface area contributed by atoms with Gasteiger partial charge in [0, 0.05) is 14.0 Å². The van der Waals surface area contributed by atoms with E-state index in [0.29, 0.717) is 11.1 Å². The number of hydrogen-bond acceptors (Lipinski definition) is 5. The quantitative estimate of drug-likeness (QED) is 0.772. The predicted octanol–water partition coefficient (Wildman–Crippen LogP) is 1.02. The standard InChI is InChI=1S/C14H15NO5/c1-14(18-2)19-8-9(20-14)7-15-12(16)10-5-3-4-6-11(10)13(15)17/h3-6,9H,7-8H2,1-2H3. The van der Waals surface area contributed by atoms with Gasteiger partial charge in [0.25, 0.3) is 17.8 Å². The smallest absolute Gasteiger partial charge is 0.280 e. The molecule has 0 aliphatic carbocycles. The third kappa shape index (κ3) is 2.02. The molecule has 1 fully saturated rings. The largest absolute Gasteiger partial charge is 0.331 e. The van der Waals surface area contributed by atoms with Crippen LogP contribution in [0.1, 0.15) is 27.6 Å². The number of amides is 2. The Morgan fingerprint density at radius 3 is 2.40 bits per heavy atom. The van der Waals surface area contributed by atoms with Crippen LogP contribution in [-0.2, 0) is 14.2 Å². The molecule has 2 amide bonds. The predicted molar refractivity (Wildman–Crippen MR) is 68.0 cm³/mol. The molecule has 2 aliphatic rings. The van der Waals surface area contributed by atoms with E-state index in [4.69, 9.17) is 14.2 Å². The van der Waals surface area contributed by atoms with E-state index in [0.717, 1.165) is 0 Å². The Hall–Kier alpha value is -1.76. The first-order valence-corrected chi connectivity index (χ1v) is 6.36. The number of rotatable bonds is 3. The fourth-order valence-corrected chi connectivity index (χ4v) is 2.42. The van der Waals surface area contributed by atoms with Crippen molar-refractivity contribution in [2.24, 2.45) is 0 Å². The van der Waals surface area contributed by atoms with Crippen LogP contribution in [0.3, 0.4) is 0 Å². The van der Waals surface area contributed by atoms with Crippen LogP contribution in [-0.4, -0.2) is 49.1 Å². The van der Waals surface area contributed by atoms with Crippen LogP contribution >= 0.6 is 0 Å². The zero-order chi connectivity index (χ0) is 14.3. The van der Waals surface area contributed by atoms with Gasteiger partial charge >= 0.3 is 0 Å². The number of imide groups is 1. The number of nitrogens with zero attached hydrogens (tertiary/aromatic N) is 1. The number of ether oxygens (including phenoxy) is 3. The molecule has 0 N–H and O–H groups in total. The molecule has 2 atom stereocenters. The van der Waals surface area contributed by atoms with Crippen molar-refractivity contribution in [2.45, 2.75) is 19.0 Å². The highest BCUT2D eigenvalue weighted by atomic mass is 16.9. The van der Waals surface area contributed by atoms with E-state index in [2.05, 4.69) is 0 Å². The van der Waals surface area contributed by atoms with Gasteiger partial charge in [-0.05, 0) is 12.1 Å². The summed E-state index contributed by atoms with van der Waals surface area (Å²) in [6.07, 6.45) is -0.387. The Morgan fingerprint density at radius 1 is 1.30 bits per heavy atom. The van der Waals surface area contributed by atoms with Gasteiger partial charge in [0.2, 0.25) is 0 Å². The second kappa shape index (κ2) is 4.66. The van der Waals surface area contributed by atoms with Crippen molar-refractivity contribution in [1.82, 2.24) is 4.90 Å². The van der Waals surface area contributed by atoms with E-state index in [1.807, 2.05) is 0 Å². The van der Waals surface area contributed by atoms with E-state index < -0.39 is 5.97 Å². The first-order chi connectivity index (χ1) is 9.54. The average molecular weight is 277 g/mol. The monoisotopic (exact) mass is 277 g/mol. The Balaban J connectivity index is 1.75. The van der Waals surface area contributed by atoms with Crippen molar-refractivity contribution in [3.8, 4) is 0 Å². The number of methoxy groups -OCH3 is 1. The van der Waals surface area contributed by atoms with Crippen LogP contribution in [0.15, 0.2) is 24.3 Å². The first kappa shape index (κ1) is 13.2. The molecule has 3 rings (SSSR count). The normalized spacial score (nSPS) is 29.1. The van der Waals surface area contributed by atoms with Crippen molar-refractivity contribution < 1.29 is 23.8 Å². The fourth-order valence-electron chi connectivity index (χ4n) is 2.42. The van der Waals surface area contributed by atoms with Crippen LogP contribution in [0.4, 0.5) is 0 Å². The molecule has 6 nitrogen and oxygen atoms in total. The lowest BCUT2D eigenvalue weighted by molar-refractivity contribution is -0.313. The number of fused-ring (bicyclic) bond motifs is 1. The van der Waals surface area contributed by atoms with Crippen molar-refractivity contribution in [1.29, 1.82) is 0 Å². The minimum atomic E-state index is -1.11. The molecule has 6 heteroatoms. The molecular formula is C14H15NO5. The second-order valence-corrected chi connectivity index (χ2v) is 4.88. The van der Waals surface area contributed by atoms with E-state index in [1.54, 1.807) is 31.2 Å². The second-order valence-electron chi connectivity index (χ2n) is 4.88. The van der Waals surface area contributed by atoms with Gasteiger partial charge in [-0.15, -0.1) is 0 Å². The minimum Gasteiger partial charge on any atom is -0.331 e. The molecular weight excluding hydrogens is 262 g/mol. The summed E-state index contributed by atoms with van der Waals surface area (Å²) < 4.78 is 16.0. The highest BCUT2D eigenvalue weighted by molar-refractivity contribution is 6.21. The summed E-state index contributed by atoms with van der Waals surface area (Å²) in [6, 6.07) is 6.79. The van der Waals surface area contributed by atoms with E-state index in [9.17, 15) is 9.59 Å². The van der Waals surface area contributed by atoms with Crippen molar-refractivity contribution >= 4 is 11.8 Å². The van der Waals surface area contributed by atoms with Crippen LogP contribution in [0.25, 0.3) is 0 Å². The van der Waals surface area contributed by atoms with Gasteiger partial charge in [-0.3, -0.25) is 14.5 Å². The summed E-state index contributed by atoms with van der Waals surface area (Å²) in [5.74, 6) is -1.69. The molecule has 2 unspecified atom stereocenters. The van der Waals surface area contributed by atoms with Gasteiger partial charge in [0.1, 0.15) is 6.10 Å². The third-order valence-corrected chi connectivity index (χ3v) is 3.55. The van der Waals surface area contributed by atoms with Crippen LogP contribution in [0.2, 0.25) is 0 Å². The molecule has 0 spiro atoms. The first-order valence-electron chi connectivity index (χ1n) is 6.36. The van der Waals surface area contributed by atoms with Gasteiger partial charge in [-0.25, -0.2) is 0 Å². The van der Waals surface area contributed by atoms with Gasteiger partial charge in [0.15, 0.2) is 0 Å². The maximum atomic E-state index is 12.2. The third-order valence-electron chi connectivity index (χ3n) is 3.55. The molecule has 2 aliphatic heterocycles. The zero-order valence-corrected chi connectivity index (χ0v) is 11.3. The average Bonchev–Trinajstić information content (AvgIpc) is 2.95. The lowest BCUT2D eigenvalue weighted by Gasteiger charge is -2.22. The minimum absolute atomic E-state index is 0.158. The summed E-state index contributed by atoms with van der Waals surface area (Å²) in [6.45, 7) is 2.08. The van der Waals surface area contributed by atoms with E-state index >= 15 is 0 Å². The zero-order valence-electron chi connectivity index (χ0n) is 11.3. The lowest BCUT2D eigenvalue weighted by atomic mass is 10.1. The van der Waals surface area contributed by atoms with Crippen LogP contribution in [0, 0.1) is 0 Å². The van der Waals surface area contributed by atoms with Crippen LogP contribution < -0.4 is 0 Å². The molecule has 0 bridgehead atoms. The molecule has 2 heterocycles. The number of carbonyl (C=O) groups excluding carboxylic acids is 2. The molecule has 1 aromatic carbocycles. The van der Waals surface area contributed by atoms with Gasteiger partial charge < -0.3 is 14.2 Å². The molecule has 106 valence electrons. The SMILES string of the molecule is COC1(C)OCC(CN2C(=O)c3ccccc3C2=O)O1. The van der Waals surface area contributed by atoms with Crippen molar-refractivity contribution in [2.75, 3.05) is 20.3 Å². The molecule has 0 aromatic heterocycles.